The van der Waals surface area contributed by atoms with Gasteiger partial charge in [-0.15, -0.1) is 0 Å². The lowest BCUT2D eigenvalue weighted by Crippen LogP contribution is -2.23. The van der Waals surface area contributed by atoms with Crippen molar-refractivity contribution in [3.8, 4) is 11.4 Å². The van der Waals surface area contributed by atoms with Crippen LogP contribution in [-0.2, 0) is 20.4 Å². The van der Waals surface area contributed by atoms with Gasteiger partial charge in [-0.05, 0) is 17.5 Å². The molecule has 4 aromatic rings. The Hall–Kier alpha value is -3.98. The number of nitrogens with zero attached hydrogens (tertiary/aromatic N) is 5. The van der Waals surface area contributed by atoms with Crippen LogP contribution in [0.4, 0.5) is 20.3 Å². The highest BCUT2D eigenvalue weighted by atomic mass is 32.2. The lowest BCUT2D eigenvalue weighted by Gasteiger charge is -2.13. The summed E-state index contributed by atoms with van der Waals surface area (Å²) in [5.41, 5.74) is 2.91. The molecule has 4 rings (SSSR count). The normalized spacial score (nSPS) is 11.9. The summed E-state index contributed by atoms with van der Waals surface area (Å²) in [5.74, 6) is -3.27. The molecule has 36 heavy (non-hydrogen) atoms. The molecule has 0 atom stereocenters. The minimum atomic E-state index is -3.39. The van der Waals surface area contributed by atoms with Crippen LogP contribution in [0.5, 0.6) is 0 Å². The molecule has 12 nitrogen and oxygen atoms in total. The number of carbonyl (C=O) groups excluding carboxylic acids is 1. The number of benzene rings is 1. The first-order valence-corrected chi connectivity index (χ1v) is 12.5. The number of fused-ring (bicyclic) bond motifs is 1. The van der Waals surface area contributed by atoms with Gasteiger partial charge < -0.3 is 9.84 Å². The Morgan fingerprint density at radius 3 is 2.67 bits per heavy atom. The third-order valence-electron chi connectivity index (χ3n) is 5.03. The van der Waals surface area contributed by atoms with Gasteiger partial charge in [-0.2, -0.15) is 10.1 Å². The largest absolute Gasteiger partial charge is 0.338 e. The summed E-state index contributed by atoms with van der Waals surface area (Å²) in [6.07, 6.45) is 3.87. The maximum atomic E-state index is 14.6. The number of halogens is 2. The van der Waals surface area contributed by atoms with Crippen molar-refractivity contribution >= 4 is 32.8 Å². The second-order valence-electron chi connectivity index (χ2n) is 8.17. The van der Waals surface area contributed by atoms with Crippen LogP contribution in [0.3, 0.4) is 0 Å². The summed E-state index contributed by atoms with van der Waals surface area (Å²) in [5, 5.41) is 10.9. The zero-order valence-electron chi connectivity index (χ0n) is 19.5. The highest BCUT2D eigenvalue weighted by Gasteiger charge is 2.25. The number of anilines is 2. The molecule has 0 aliphatic rings. The van der Waals surface area contributed by atoms with Gasteiger partial charge in [0, 0.05) is 24.1 Å². The molecule has 2 N–H and O–H groups in total. The average molecular weight is 522 g/mol. The number of rotatable bonds is 8. The zero-order valence-corrected chi connectivity index (χ0v) is 20.4. The SMILES string of the molecule is CONC(=O)c1cc(Nc2ncnn3cc(-c4noc(CS(C)(=O)=O)n4)c(C(C)C)c23)c(F)cc1F. The molecule has 15 heteroatoms. The number of amides is 1. The van der Waals surface area contributed by atoms with E-state index in [0.29, 0.717) is 22.7 Å². The van der Waals surface area contributed by atoms with Crippen molar-refractivity contribution < 1.29 is 31.4 Å². The van der Waals surface area contributed by atoms with E-state index in [1.807, 2.05) is 19.3 Å². The summed E-state index contributed by atoms with van der Waals surface area (Å²) < 4.78 is 58.6. The first-order chi connectivity index (χ1) is 17.0. The Balaban J connectivity index is 1.82. The van der Waals surface area contributed by atoms with E-state index in [1.54, 1.807) is 6.20 Å². The van der Waals surface area contributed by atoms with Gasteiger partial charge >= 0.3 is 0 Å². The van der Waals surface area contributed by atoms with E-state index in [0.717, 1.165) is 12.3 Å². The van der Waals surface area contributed by atoms with E-state index in [4.69, 9.17) is 4.52 Å². The average Bonchev–Trinajstić information content (AvgIpc) is 3.39. The van der Waals surface area contributed by atoms with Crippen LogP contribution in [0.1, 0.15) is 41.6 Å². The Morgan fingerprint density at radius 2 is 2.00 bits per heavy atom. The van der Waals surface area contributed by atoms with Crippen molar-refractivity contribution in [2.24, 2.45) is 0 Å². The number of hydroxylamine groups is 1. The van der Waals surface area contributed by atoms with Crippen molar-refractivity contribution in [2.45, 2.75) is 25.5 Å². The van der Waals surface area contributed by atoms with Crippen LogP contribution in [0.2, 0.25) is 0 Å². The number of nitrogens with one attached hydrogen (secondary N) is 2. The molecule has 0 aliphatic carbocycles. The first kappa shape index (κ1) is 25.1. The second kappa shape index (κ2) is 9.58. The van der Waals surface area contributed by atoms with E-state index in [-0.39, 0.29) is 29.1 Å². The van der Waals surface area contributed by atoms with Crippen molar-refractivity contribution in [2.75, 3.05) is 18.7 Å². The number of hydrogen-bond donors (Lipinski definition) is 2. The van der Waals surface area contributed by atoms with E-state index in [2.05, 4.69) is 30.4 Å². The van der Waals surface area contributed by atoms with Crippen LogP contribution in [0, 0.1) is 11.6 Å². The van der Waals surface area contributed by atoms with E-state index < -0.39 is 38.7 Å². The molecular weight excluding hydrogens is 500 g/mol. The lowest BCUT2D eigenvalue weighted by atomic mass is 9.99. The highest BCUT2D eigenvalue weighted by Crippen LogP contribution is 2.36. The first-order valence-electron chi connectivity index (χ1n) is 10.4. The smallest absolute Gasteiger partial charge is 0.277 e. The molecule has 190 valence electrons. The Bertz CT molecular complexity index is 1570. The minimum absolute atomic E-state index is 0.0721. The third-order valence-corrected chi connectivity index (χ3v) is 5.81. The fourth-order valence-corrected chi connectivity index (χ4v) is 4.20. The summed E-state index contributed by atoms with van der Waals surface area (Å²) in [6.45, 7) is 3.78. The van der Waals surface area contributed by atoms with E-state index >= 15 is 0 Å². The molecule has 0 aliphatic heterocycles. The zero-order chi connectivity index (χ0) is 26.2. The fourth-order valence-electron chi connectivity index (χ4n) is 3.63. The molecule has 0 bridgehead atoms. The Kier molecular flexibility index (Phi) is 6.69. The molecule has 0 unspecified atom stereocenters. The van der Waals surface area contributed by atoms with E-state index in [9.17, 15) is 22.0 Å². The molecule has 0 saturated heterocycles. The van der Waals surface area contributed by atoms with Gasteiger partial charge in [-0.1, -0.05) is 19.0 Å². The number of aromatic nitrogens is 5. The van der Waals surface area contributed by atoms with Gasteiger partial charge in [0.05, 0.1) is 18.4 Å². The van der Waals surface area contributed by atoms with Gasteiger partial charge in [0.2, 0.25) is 11.7 Å². The van der Waals surface area contributed by atoms with Crippen LogP contribution >= 0.6 is 0 Å². The van der Waals surface area contributed by atoms with Crippen molar-refractivity contribution in [3.05, 3.63) is 53.3 Å². The Labute approximate surface area is 203 Å². The molecule has 3 aromatic heterocycles. The lowest BCUT2D eigenvalue weighted by molar-refractivity contribution is 0.0533. The molecule has 0 fully saturated rings. The topological polar surface area (TPSA) is 154 Å². The molecule has 3 heterocycles. The van der Waals surface area contributed by atoms with Crippen molar-refractivity contribution in [1.29, 1.82) is 0 Å². The minimum Gasteiger partial charge on any atom is -0.338 e. The summed E-state index contributed by atoms with van der Waals surface area (Å²) in [6, 6.07) is 1.56. The maximum absolute atomic E-state index is 14.6. The van der Waals surface area contributed by atoms with Gasteiger partial charge in [-0.25, -0.2) is 32.2 Å². The quantitative estimate of drug-likeness (QED) is 0.331. The number of carbonyl (C=O) groups is 1. The van der Waals surface area contributed by atoms with Crippen molar-refractivity contribution in [1.82, 2.24) is 30.2 Å². The number of hydrogen-bond acceptors (Lipinski definition) is 10. The molecular formula is C21H21F2N7O5S. The second-order valence-corrected chi connectivity index (χ2v) is 10.3. The van der Waals surface area contributed by atoms with Gasteiger partial charge in [0.1, 0.15) is 29.2 Å². The van der Waals surface area contributed by atoms with Gasteiger partial charge in [-0.3, -0.25) is 9.63 Å². The summed E-state index contributed by atoms with van der Waals surface area (Å²) >= 11 is 0. The van der Waals surface area contributed by atoms with Crippen molar-refractivity contribution in [3.63, 3.8) is 0 Å². The van der Waals surface area contributed by atoms with Crippen LogP contribution in [0.25, 0.3) is 16.9 Å². The summed E-state index contributed by atoms with van der Waals surface area (Å²) in [7, 11) is -2.21. The number of sulfone groups is 1. The van der Waals surface area contributed by atoms with Gasteiger partial charge in [0.25, 0.3) is 5.91 Å². The molecule has 1 aromatic carbocycles. The van der Waals surface area contributed by atoms with Crippen LogP contribution < -0.4 is 10.8 Å². The molecule has 0 saturated carbocycles. The Morgan fingerprint density at radius 1 is 1.25 bits per heavy atom. The predicted molar refractivity (Wildman–Crippen MR) is 123 cm³/mol. The predicted octanol–water partition coefficient (Wildman–Crippen LogP) is 2.76. The highest BCUT2D eigenvalue weighted by molar-refractivity contribution is 7.89. The van der Waals surface area contributed by atoms with E-state index in [1.165, 1.54) is 18.0 Å². The van der Waals surface area contributed by atoms with Crippen LogP contribution in [-0.4, -0.2) is 52.4 Å². The summed E-state index contributed by atoms with van der Waals surface area (Å²) in [4.78, 5) is 25.0. The third kappa shape index (κ3) is 5.01. The monoisotopic (exact) mass is 521 g/mol. The molecule has 1 amide bonds. The standard InChI is InChI=1S/C21H21F2N7O5S/c1-10(2)17-12(19-27-16(35-28-19)8-36(4,32)33)7-30-18(17)20(24-9-25-30)26-15-5-11(21(31)29-34-3)13(22)6-14(15)23/h5-7,9-10H,8H2,1-4H3,(H,29,31)(H,24,25,26). The maximum Gasteiger partial charge on any atom is 0.277 e. The van der Waals surface area contributed by atoms with Crippen LogP contribution in [0.15, 0.2) is 29.2 Å². The fraction of sp³-hybridized carbons (Fsp3) is 0.286. The molecule has 0 radical (unpaired) electrons. The molecule has 0 spiro atoms. The van der Waals surface area contributed by atoms with Gasteiger partial charge in [0.15, 0.2) is 15.7 Å².